The van der Waals surface area contributed by atoms with Crippen LogP contribution in [0.5, 0.6) is 5.75 Å². The third kappa shape index (κ3) is 2.56. The number of rotatable bonds is 4. The molecule has 0 fully saturated rings. The molecule has 15 heavy (non-hydrogen) atoms. The van der Waals surface area contributed by atoms with Gasteiger partial charge in [-0.3, -0.25) is 4.79 Å². The predicted molar refractivity (Wildman–Crippen MR) is 53.5 cm³/mol. The van der Waals surface area contributed by atoms with Gasteiger partial charge in [0.15, 0.2) is 0 Å². The van der Waals surface area contributed by atoms with E-state index in [0.29, 0.717) is 6.29 Å². The SMILES string of the molecule is CCOC(=O)C(C=O)c1ccccc1O. The van der Waals surface area contributed by atoms with Crippen LogP contribution in [-0.4, -0.2) is 24.0 Å². The first-order valence-electron chi connectivity index (χ1n) is 4.60. The van der Waals surface area contributed by atoms with E-state index in [2.05, 4.69) is 0 Å². The van der Waals surface area contributed by atoms with Crippen molar-refractivity contribution < 1.29 is 19.4 Å². The van der Waals surface area contributed by atoms with Crippen molar-refractivity contribution in [3.8, 4) is 5.75 Å². The molecule has 0 saturated heterocycles. The molecule has 0 aromatic heterocycles. The van der Waals surface area contributed by atoms with Gasteiger partial charge in [-0.15, -0.1) is 0 Å². The topological polar surface area (TPSA) is 63.6 Å². The molecule has 0 aliphatic rings. The fourth-order valence-corrected chi connectivity index (χ4v) is 1.24. The Balaban J connectivity index is 2.97. The minimum Gasteiger partial charge on any atom is -0.508 e. The van der Waals surface area contributed by atoms with E-state index in [-0.39, 0.29) is 17.9 Å². The molecular formula is C11H12O4. The van der Waals surface area contributed by atoms with Crippen molar-refractivity contribution >= 4 is 12.3 Å². The van der Waals surface area contributed by atoms with Gasteiger partial charge in [0, 0.05) is 5.56 Å². The Bertz CT molecular complexity index is 359. The van der Waals surface area contributed by atoms with Crippen molar-refractivity contribution in [1.82, 2.24) is 0 Å². The minimum atomic E-state index is -1.05. The van der Waals surface area contributed by atoms with Gasteiger partial charge < -0.3 is 14.6 Å². The number of carbonyl (C=O) groups is 2. The molecule has 0 saturated carbocycles. The van der Waals surface area contributed by atoms with Gasteiger partial charge in [-0.1, -0.05) is 18.2 Å². The Kier molecular flexibility index (Phi) is 3.85. The predicted octanol–water partition coefficient (Wildman–Crippen LogP) is 1.24. The summed E-state index contributed by atoms with van der Waals surface area (Å²) in [6.07, 6.45) is 0.465. The van der Waals surface area contributed by atoms with Crippen molar-refractivity contribution in [3.05, 3.63) is 29.8 Å². The highest BCUT2D eigenvalue weighted by Gasteiger charge is 2.23. The van der Waals surface area contributed by atoms with E-state index >= 15 is 0 Å². The number of para-hydroxylation sites is 1. The number of hydrogen-bond donors (Lipinski definition) is 1. The molecule has 0 aliphatic carbocycles. The Morgan fingerprint density at radius 3 is 2.73 bits per heavy atom. The molecule has 0 bridgehead atoms. The van der Waals surface area contributed by atoms with Crippen LogP contribution in [0.4, 0.5) is 0 Å². The van der Waals surface area contributed by atoms with Crippen LogP contribution in [0.2, 0.25) is 0 Å². The molecule has 1 atom stereocenters. The molecule has 4 nitrogen and oxygen atoms in total. The lowest BCUT2D eigenvalue weighted by Gasteiger charge is -2.10. The Labute approximate surface area is 87.5 Å². The standard InChI is InChI=1S/C11H12O4/c1-2-15-11(14)9(7-12)8-5-3-4-6-10(8)13/h3-7,9,13H,2H2,1H3. The van der Waals surface area contributed by atoms with Crippen LogP contribution in [0.1, 0.15) is 18.4 Å². The maximum absolute atomic E-state index is 11.4. The number of carbonyl (C=O) groups excluding carboxylic acids is 2. The average molecular weight is 208 g/mol. The molecule has 1 N–H and O–H groups in total. The van der Waals surface area contributed by atoms with E-state index < -0.39 is 11.9 Å². The molecule has 0 aliphatic heterocycles. The molecule has 1 aromatic rings. The molecule has 0 heterocycles. The van der Waals surface area contributed by atoms with Crippen molar-refractivity contribution in [3.63, 3.8) is 0 Å². The van der Waals surface area contributed by atoms with E-state index in [1.54, 1.807) is 19.1 Å². The summed E-state index contributed by atoms with van der Waals surface area (Å²) in [6.45, 7) is 1.86. The molecule has 0 amide bonds. The van der Waals surface area contributed by atoms with Gasteiger partial charge in [-0.25, -0.2) is 0 Å². The van der Waals surface area contributed by atoms with Crippen molar-refractivity contribution in [1.29, 1.82) is 0 Å². The Morgan fingerprint density at radius 1 is 1.53 bits per heavy atom. The normalized spacial score (nSPS) is 11.8. The summed E-state index contributed by atoms with van der Waals surface area (Å²) in [5.74, 6) is -1.78. The van der Waals surface area contributed by atoms with Crippen molar-refractivity contribution in [2.75, 3.05) is 6.61 Å². The first-order chi connectivity index (χ1) is 7.20. The number of hydrogen-bond acceptors (Lipinski definition) is 4. The van der Waals surface area contributed by atoms with E-state index in [9.17, 15) is 14.7 Å². The summed E-state index contributed by atoms with van der Waals surface area (Å²) in [5, 5.41) is 9.46. The Morgan fingerprint density at radius 2 is 2.20 bits per heavy atom. The van der Waals surface area contributed by atoms with Crippen LogP contribution in [-0.2, 0) is 14.3 Å². The van der Waals surface area contributed by atoms with Crippen LogP contribution in [0.15, 0.2) is 24.3 Å². The fraction of sp³-hybridized carbons (Fsp3) is 0.273. The largest absolute Gasteiger partial charge is 0.508 e. The lowest BCUT2D eigenvalue weighted by Crippen LogP contribution is -2.17. The summed E-state index contributed by atoms with van der Waals surface area (Å²) in [6, 6.07) is 6.20. The smallest absolute Gasteiger partial charge is 0.320 e. The van der Waals surface area contributed by atoms with Gasteiger partial charge in [-0.05, 0) is 13.0 Å². The molecular weight excluding hydrogens is 196 g/mol. The monoisotopic (exact) mass is 208 g/mol. The highest BCUT2D eigenvalue weighted by atomic mass is 16.5. The zero-order valence-electron chi connectivity index (χ0n) is 8.34. The van der Waals surface area contributed by atoms with Gasteiger partial charge in [-0.2, -0.15) is 0 Å². The second-order valence-corrected chi connectivity index (χ2v) is 2.92. The van der Waals surface area contributed by atoms with Crippen LogP contribution in [0, 0.1) is 0 Å². The molecule has 4 heteroatoms. The third-order valence-corrected chi connectivity index (χ3v) is 1.95. The lowest BCUT2D eigenvalue weighted by atomic mass is 10.00. The fourth-order valence-electron chi connectivity index (χ4n) is 1.24. The van der Waals surface area contributed by atoms with E-state index in [1.807, 2.05) is 0 Å². The average Bonchev–Trinajstić information content (AvgIpc) is 2.22. The van der Waals surface area contributed by atoms with Crippen LogP contribution >= 0.6 is 0 Å². The van der Waals surface area contributed by atoms with Crippen molar-refractivity contribution in [2.45, 2.75) is 12.8 Å². The van der Waals surface area contributed by atoms with Gasteiger partial charge in [0.1, 0.15) is 18.0 Å². The summed E-state index contributed by atoms with van der Waals surface area (Å²) in [5.41, 5.74) is 0.269. The zero-order valence-corrected chi connectivity index (χ0v) is 8.34. The molecule has 1 unspecified atom stereocenters. The third-order valence-electron chi connectivity index (χ3n) is 1.95. The minimum absolute atomic E-state index is 0.0809. The lowest BCUT2D eigenvalue weighted by molar-refractivity contribution is -0.146. The van der Waals surface area contributed by atoms with E-state index in [0.717, 1.165) is 0 Å². The van der Waals surface area contributed by atoms with E-state index in [4.69, 9.17) is 4.74 Å². The van der Waals surface area contributed by atoms with Crippen LogP contribution < -0.4 is 0 Å². The zero-order chi connectivity index (χ0) is 11.3. The molecule has 80 valence electrons. The first-order valence-corrected chi connectivity index (χ1v) is 4.60. The molecule has 1 rings (SSSR count). The van der Waals surface area contributed by atoms with Crippen molar-refractivity contribution in [2.24, 2.45) is 0 Å². The number of aldehydes is 1. The molecule has 0 spiro atoms. The summed E-state index contributed by atoms with van der Waals surface area (Å²) in [4.78, 5) is 22.1. The number of esters is 1. The maximum Gasteiger partial charge on any atom is 0.320 e. The summed E-state index contributed by atoms with van der Waals surface area (Å²) >= 11 is 0. The van der Waals surface area contributed by atoms with Gasteiger partial charge in [0.25, 0.3) is 0 Å². The second-order valence-electron chi connectivity index (χ2n) is 2.92. The first kappa shape index (κ1) is 11.2. The van der Waals surface area contributed by atoms with Gasteiger partial charge in [0.05, 0.1) is 6.61 Å². The van der Waals surface area contributed by atoms with Gasteiger partial charge in [0.2, 0.25) is 0 Å². The van der Waals surface area contributed by atoms with Crippen LogP contribution in [0.3, 0.4) is 0 Å². The van der Waals surface area contributed by atoms with Gasteiger partial charge >= 0.3 is 5.97 Å². The summed E-state index contributed by atoms with van der Waals surface area (Å²) < 4.78 is 4.72. The quantitative estimate of drug-likeness (QED) is 0.459. The highest BCUT2D eigenvalue weighted by Crippen LogP contribution is 2.24. The number of aromatic hydroxyl groups is 1. The van der Waals surface area contributed by atoms with Crippen LogP contribution in [0.25, 0.3) is 0 Å². The number of benzene rings is 1. The number of ether oxygens (including phenoxy) is 1. The molecule has 1 aromatic carbocycles. The summed E-state index contributed by atoms with van der Waals surface area (Å²) in [7, 11) is 0. The highest BCUT2D eigenvalue weighted by molar-refractivity contribution is 5.94. The van der Waals surface area contributed by atoms with E-state index in [1.165, 1.54) is 12.1 Å². The number of phenolic OH excluding ortho intramolecular Hbond substituents is 1. The maximum atomic E-state index is 11.4. The number of phenols is 1. The molecule has 0 radical (unpaired) electrons. The Hall–Kier alpha value is -1.84. The second kappa shape index (κ2) is 5.14.